The van der Waals surface area contributed by atoms with Crippen LogP contribution in [-0.4, -0.2) is 18.1 Å². The molecule has 0 unspecified atom stereocenters. The maximum Gasteiger partial charge on any atom is 0.0874 e. The second-order valence-electron chi connectivity index (χ2n) is 2.80. The van der Waals surface area contributed by atoms with E-state index in [2.05, 4.69) is 29.3 Å². The third-order valence-electron chi connectivity index (χ3n) is 2.10. The van der Waals surface area contributed by atoms with Crippen molar-refractivity contribution in [3.63, 3.8) is 0 Å². The molecule has 2 rings (SSSR count). The van der Waals surface area contributed by atoms with Crippen molar-refractivity contribution in [2.45, 2.75) is 13.3 Å². The lowest BCUT2D eigenvalue weighted by molar-refractivity contribution is 0.371. The van der Waals surface area contributed by atoms with Gasteiger partial charge in [0.05, 0.1) is 12.4 Å². The average molecular weight is 136 g/mol. The minimum atomic E-state index is 1.01. The number of hydrogen-bond acceptors (Lipinski definition) is 2. The SMILES string of the molecule is CC1=C2C=CCCN2CN1. The molecule has 2 nitrogen and oxygen atoms in total. The summed E-state index contributed by atoms with van der Waals surface area (Å²) in [6.07, 6.45) is 5.64. The van der Waals surface area contributed by atoms with Gasteiger partial charge in [0.2, 0.25) is 0 Å². The van der Waals surface area contributed by atoms with E-state index < -0.39 is 0 Å². The minimum Gasteiger partial charge on any atom is -0.370 e. The van der Waals surface area contributed by atoms with Gasteiger partial charge in [0, 0.05) is 12.2 Å². The second kappa shape index (κ2) is 2.04. The third kappa shape index (κ3) is 0.719. The number of rotatable bonds is 0. The zero-order valence-corrected chi connectivity index (χ0v) is 6.22. The molecule has 10 heavy (non-hydrogen) atoms. The molecule has 0 spiro atoms. The quantitative estimate of drug-likeness (QED) is 0.535. The minimum absolute atomic E-state index is 1.01. The van der Waals surface area contributed by atoms with Gasteiger partial charge in [-0.15, -0.1) is 0 Å². The summed E-state index contributed by atoms with van der Waals surface area (Å²) in [7, 11) is 0. The normalized spacial score (nSPS) is 23.1. The summed E-state index contributed by atoms with van der Waals surface area (Å²) < 4.78 is 0. The molecule has 0 atom stereocenters. The highest BCUT2D eigenvalue weighted by Crippen LogP contribution is 2.19. The zero-order valence-electron chi connectivity index (χ0n) is 6.22. The fraction of sp³-hybridized carbons (Fsp3) is 0.500. The van der Waals surface area contributed by atoms with Crippen molar-refractivity contribution in [1.82, 2.24) is 10.2 Å². The maximum atomic E-state index is 3.32. The topological polar surface area (TPSA) is 15.3 Å². The van der Waals surface area contributed by atoms with Crippen LogP contribution in [0.5, 0.6) is 0 Å². The van der Waals surface area contributed by atoms with E-state index in [0.717, 1.165) is 6.67 Å². The van der Waals surface area contributed by atoms with Gasteiger partial charge < -0.3 is 10.2 Å². The van der Waals surface area contributed by atoms with E-state index >= 15 is 0 Å². The second-order valence-corrected chi connectivity index (χ2v) is 2.80. The highest BCUT2D eigenvalue weighted by molar-refractivity contribution is 5.28. The Balaban J connectivity index is 2.32. The Morgan fingerprint density at radius 3 is 3.30 bits per heavy atom. The van der Waals surface area contributed by atoms with Gasteiger partial charge in [-0.3, -0.25) is 0 Å². The Kier molecular flexibility index (Phi) is 1.19. The molecule has 0 aromatic carbocycles. The van der Waals surface area contributed by atoms with Gasteiger partial charge in [0.25, 0.3) is 0 Å². The summed E-state index contributed by atoms with van der Waals surface area (Å²) in [5.41, 5.74) is 2.70. The van der Waals surface area contributed by atoms with Crippen molar-refractivity contribution in [1.29, 1.82) is 0 Å². The first-order valence-electron chi connectivity index (χ1n) is 3.74. The van der Waals surface area contributed by atoms with Crippen LogP contribution in [0.3, 0.4) is 0 Å². The summed E-state index contributed by atoms with van der Waals surface area (Å²) in [4.78, 5) is 2.37. The first-order valence-corrected chi connectivity index (χ1v) is 3.74. The Labute approximate surface area is 61.2 Å². The van der Waals surface area contributed by atoms with Gasteiger partial charge in [-0.05, 0) is 19.4 Å². The Hall–Kier alpha value is -0.920. The molecule has 0 amide bonds. The lowest BCUT2D eigenvalue weighted by Crippen LogP contribution is -2.25. The molecule has 0 aromatic rings. The van der Waals surface area contributed by atoms with Crippen molar-refractivity contribution < 1.29 is 0 Å². The molecule has 0 fully saturated rings. The first-order chi connectivity index (χ1) is 4.88. The zero-order chi connectivity index (χ0) is 6.97. The molecule has 2 aliphatic rings. The summed E-state index contributed by atoms with van der Waals surface area (Å²) in [6, 6.07) is 0. The molecule has 54 valence electrons. The summed E-state index contributed by atoms with van der Waals surface area (Å²) in [5.74, 6) is 0. The molecule has 0 saturated carbocycles. The highest BCUT2D eigenvalue weighted by atomic mass is 15.3. The van der Waals surface area contributed by atoms with Gasteiger partial charge in [-0.2, -0.15) is 0 Å². The molecule has 0 aliphatic carbocycles. The van der Waals surface area contributed by atoms with Crippen LogP contribution in [0.25, 0.3) is 0 Å². The summed E-state index contributed by atoms with van der Waals surface area (Å²) in [5, 5.41) is 3.32. The van der Waals surface area contributed by atoms with Crippen molar-refractivity contribution >= 4 is 0 Å². The van der Waals surface area contributed by atoms with Gasteiger partial charge in [-0.25, -0.2) is 0 Å². The third-order valence-corrected chi connectivity index (χ3v) is 2.10. The molecule has 1 N–H and O–H groups in total. The van der Waals surface area contributed by atoms with Crippen LogP contribution in [0.4, 0.5) is 0 Å². The fourth-order valence-electron chi connectivity index (χ4n) is 1.48. The first kappa shape index (κ1) is 5.83. The monoisotopic (exact) mass is 136 g/mol. The molecule has 0 bridgehead atoms. The van der Waals surface area contributed by atoms with Crippen molar-refractivity contribution in [2.24, 2.45) is 0 Å². The summed E-state index contributed by atoms with van der Waals surface area (Å²) in [6.45, 7) is 4.31. The predicted molar refractivity (Wildman–Crippen MR) is 41.2 cm³/mol. The molecular weight excluding hydrogens is 124 g/mol. The van der Waals surface area contributed by atoms with E-state index in [9.17, 15) is 0 Å². The van der Waals surface area contributed by atoms with Crippen LogP contribution in [0.15, 0.2) is 23.5 Å². The lowest BCUT2D eigenvalue weighted by Gasteiger charge is -2.21. The van der Waals surface area contributed by atoms with Crippen LogP contribution in [0, 0.1) is 0 Å². The van der Waals surface area contributed by atoms with Gasteiger partial charge in [0.1, 0.15) is 0 Å². The molecular formula is C8H12N2. The van der Waals surface area contributed by atoms with E-state index in [1.165, 1.54) is 24.4 Å². The maximum absolute atomic E-state index is 3.32. The van der Waals surface area contributed by atoms with Crippen LogP contribution >= 0.6 is 0 Å². The van der Waals surface area contributed by atoms with Crippen molar-refractivity contribution in [3.8, 4) is 0 Å². The van der Waals surface area contributed by atoms with E-state index in [0.29, 0.717) is 0 Å². The van der Waals surface area contributed by atoms with Gasteiger partial charge in [-0.1, -0.05) is 6.08 Å². The largest absolute Gasteiger partial charge is 0.370 e. The predicted octanol–water partition coefficient (Wildman–Crippen LogP) is 1.04. The van der Waals surface area contributed by atoms with Crippen LogP contribution in [-0.2, 0) is 0 Å². The molecule has 0 aromatic heterocycles. The highest BCUT2D eigenvalue weighted by Gasteiger charge is 2.17. The molecule has 0 saturated heterocycles. The van der Waals surface area contributed by atoms with Crippen molar-refractivity contribution in [2.75, 3.05) is 13.2 Å². The van der Waals surface area contributed by atoms with E-state index in [4.69, 9.17) is 0 Å². The lowest BCUT2D eigenvalue weighted by atomic mass is 10.2. The van der Waals surface area contributed by atoms with Crippen molar-refractivity contribution in [3.05, 3.63) is 23.5 Å². The van der Waals surface area contributed by atoms with E-state index in [-0.39, 0.29) is 0 Å². The number of nitrogens with one attached hydrogen (secondary N) is 1. The Bertz CT molecular complexity index is 203. The Morgan fingerprint density at radius 1 is 1.60 bits per heavy atom. The molecule has 0 radical (unpaired) electrons. The van der Waals surface area contributed by atoms with Crippen LogP contribution in [0.1, 0.15) is 13.3 Å². The van der Waals surface area contributed by atoms with Gasteiger partial charge >= 0.3 is 0 Å². The Morgan fingerprint density at radius 2 is 2.50 bits per heavy atom. The number of nitrogens with zero attached hydrogens (tertiary/aromatic N) is 1. The van der Waals surface area contributed by atoms with E-state index in [1.54, 1.807) is 0 Å². The standard InChI is InChI=1S/C8H12N2/c1-7-8-4-2-3-5-10(8)6-9-7/h2,4,9H,3,5-6H2,1H3. The van der Waals surface area contributed by atoms with Crippen LogP contribution in [0.2, 0.25) is 0 Å². The smallest absolute Gasteiger partial charge is 0.0874 e. The van der Waals surface area contributed by atoms with Gasteiger partial charge in [0.15, 0.2) is 0 Å². The number of fused-ring (bicyclic) bond motifs is 1. The summed E-state index contributed by atoms with van der Waals surface area (Å²) >= 11 is 0. The van der Waals surface area contributed by atoms with E-state index in [1.807, 2.05) is 0 Å². The van der Waals surface area contributed by atoms with Crippen LogP contribution < -0.4 is 5.32 Å². The average Bonchev–Trinajstić information content (AvgIpc) is 2.34. The molecule has 2 heteroatoms. The fourth-order valence-corrected chi connectivity index (χ4v) is 1.48. The molecule has 2 heterocycles. The number of hydrogen-bond donors (Lipinski definition) is 1. The molecule has 2 aliphatic heterocycles. The number of allylic oxidation sites excluding steroid dienone is 2.